The molecule has 0 aliphatic heterocycles. The van der Waals surface area contributed by atoms with Crippen LogP contribution in [0.4, 0.5) is 0 Å². The summed E-state index contributed by atoms with van der Waals surface area (Å²) in [5.74, 6) is 0.830. The number of rotatable bonds is 7. The van der Waals surface area contributed by atoms with E-state index in [4.69, 9.17) is 9.47 Å². The Labute approximate surface area is 128 Å². The molecule has 5 nitrogen and oxygen atoms in total. The fourth-order valence-corrected chi connectivity index (χ4v) is 3.64. The SMILES string of the molecule is C/C=C/CCNS(=O)(=O)c1cc(OC)c(OC)cc1Br. The molecule has 0 aliphatic rings. The quantitative estimate of drug-likeness (QED) is 0.597. The molecular formula is C13H18BrNO4S. The lowest BCUT2D eigenvalue weighted by Gasteiger charge is -2.12. The maximum Gasteiger partial charge on any atom is 0.241 e. The number of sulfonamides is 1. The van der Waals surface area contributed by atoms with Gasteiger partial charge in [0.25, 0.3) is 0 Å². The van der Waals surface area contributed by atoms with Gasteiger partial charge in [-0.25, -0.2) is 13.1 Å². The molecule has 0 saturated carbocycles. The van der Waals surface area contributed by atoms with Crippen molar-refractivity contribution >= 4 is 26.0 Å². The van der Waals surface area contributed by atoms with Crippen molar-refractivity contribution < 1.29 is 17.9 Å². The standard InChI is InChI=1S/C13H18BrNO4S/c1-4-5-6-7-15-20(16,17)13-9-12(19-3)11(18-2)8-10(13)14/h4-5,8-9,15H,6-7H2,1-3H3/b5-4+. The summed E-state index contributed by atoms with van der Waals surface area (Å²) in [4.78, 5) is 0.121. The van der Waals surface area contributed by atoms with Crippen LogP contribution in [0.2, 0.25) is 0 Å². The van der Waals surface area contributed by atoms with E-state index in [1.165, 1.54) is 20.3 Å². The lowest BCUT2D eigenvalue weighted by molar-refractivity contribution is 0.353. The molecule has 0 heterocycles. The monoisotopic (exact) mass is 363 g/mol. The fourth-order valence-electron chi connectivity index (χ4n) is 1.56. The first-order chi connectivity index (χ1) is 9.46. The molecule has 0 fully saturated rings. The molecule has 1 rings (SSSR count). The molecule has 0 aliphatic carbocycles. The summed E-state index contributed by atoms with van der Waals surface area (Å²) in [6.45, 7) is 2.23. The van der Waals surface area contributed by atoms with Crippen LogP contribution in [0, 0.1) is 0 Å². The number of hydrogen-bond acceptors (Lipinski definition) is 4. The number of allylic oxidation sites excluding steroid dienone is 1. The van der Waals surface area contributed by atoms with Crippen LogP contribution in [0.15, 0.2) is 33.7 Å². The van der Waals surface area contributed by atoms with Gasteiger partial charge in [0.15, 0.2) is 11.5 Å². The maximum absolute atomic E-state index is 12.2. The molecule has 0 bridgehead atoms. The molecule has 20 heavy (non-hydrogen) atoms. The van der Waals surface area contributed by atoms with Gasteiger partial charge in [-0.15, -0.1) is 0 Å². The summed E-state index contributed by atoms with van der Waals surface area (Å²) in [5.41, 5.74) is 0. The number of halogens is 1. The van der Waals surface area contributed by atoms with Crippen LogP contribution in [0.25, 0.3) is 0 Å². The van der Waals surface area contributed by atoms with Gasteiger partial charge in [-0.05, 0) is 35.3 Å². The van der Waals surface area contributed by atoms with Crippen molar-refractivity contribution in [3.63, 3.8) is 0 Å². The highest BCUT2D eigenvalue weighted by atomic mass is 79.9. The topological polar surface area (TPSA) is 64.6 Å². The lowest BCUT2D eigenvalue weighted by Crippen LogP contribution is -2.25. The van der Waals surface area contributed by atoms with Crippen LogP contribution in [0.3, 0.4) is 0 Å². The van der Waals surface area contributed by atoms with Gasteiger partial charge in [0, 0.05) is 17.1 Å². The molecule has 1 aromatic carbocycles. The van der Waals surface area contributed by atoms with E-state index in [0.29, 0.717) is 28.9 Å². The van der Waals surface area contributed by atoms with Gasteiger partial charge in [0.2, 0.25) is 10.0 Å². The molecule has 0 radical (unpaired) electrons. The Bertz CT molecular complexity index is 584. The second kappa shape index (κ2) is 7.66. The summed E-state index contributed by atoms with van der Waals surface area (Å²) in [5, 5.41) is 0. The summed E-state index contributed by atoms with van der Waals surface area (Å²) in [6, 6.07) is 3.00. The van der Waals surface area contributed by atoms with Gasteiger partial charge in [0.05, 0.1) is 14.2 Å². The van der Waals surface area contributed by atoms with Crippen molar-refractivity contribution in [3.05, 3.63) is 28.8 Å². The molecule has 0 amide bonds. The van der Waals surface area contributed by atoms with Gasteiger partial charge < -0.3 is 9.47 Å². The number of benzene rings is 1. The minimum atomic E-state index is -3.60. The Hall–Kier alpha value is -1.05. The Morgan fingerprint density at radius 2 is 1.85 bits per heavy atom. The molecular weight excluding hydrogens is 346 g/mol. The van der Waals surface area contributed by atoms with E-state index in [1.807, 2.05) is 19.1 Å². The van der Waals surface area contributed by atoms with Gasteiger partial charge >= 0.3 is 0 Å². The first-order valence-electron chi connectivity index (χ1n) is 5.98. The first kappa shape index (κ1) is 17.0. The third-order valence-corrected chi connectivity index (χ3v) is 4.99. The predicted octanol–water partition coefficient (Wildman–Crippen LogP) is 2.71. The Kier molecular flexibility index (Phi) is 6.51. The van der Waals surface area contributed by atoms with Gasteiger partial charge in [-0.3, -0.25) is 0 Å². The zero-order valence-electron chi connectivity index (χ0n) is 11.6. The number of hydrogen-bond donors (Lipinski definition) is 1. The van der Waals surface area contributed by atoms with Crippen molar-refractivity contribution in [3.8, 4) is 11.5 Å². The van der Waals surface area contributed by atoms with E-state index in [1.54, 1.807) is 6.07 Å². The molecule has 0 spiro atoms. The molecule has 1 aromatic rings. The predicted molar refractivity (Wildman–Crippen MR) is 81.9 cm³/mol. The average molecular weight is 364 g/mol. The van der Waals surface area contributed by atoms with Crippen molar-refractivity contribution in [1.82, 2.24) is 4.72 Å². The van der Waals surface area contributed by atoms with Crippen LogP contribution in [-0.2, 0) is 10.0 Å². The van der Waals surface area contributed by atoms with Crippen LogP contribution in [-0.4, -0.2) is 29.2 Å². The van der Waals surface area contributed by atoms with E-state index in [9.17, 15) is 8.42 Å². The molecule has 112 valence electrons. The number of nitrogens with one attached hydrogen (secondary N) is 1. The fraction of sp³-hybridized carbons (Fsp3) is 0.385. The smallest absolute Gasteiger partial charge is 0.241 e. The van der Waals surface area contributed by atoms with E-state index in [2.05, 4.69) is 20.7 Å². The molecule has 7 heteroatoms. The normalized spacial score (nSPS) is 11.8. The highest BCUT2D eigenvalue weighted by Crippen LogP contribution is 2.35. The zero-order chi connectivity index (χ0) is 15.2. The Morgan fingerprint density at radius 3 is 2.40 bits per heavy atom. The summed E-state index contributed by atoms with van der Waals surface area (Å²) in [7, 11) is -0.642. The third-order valence-electron chi connectivity index (χ3n) is 2.57. The zero-order valence-corrected chi connectivity index (χ0v) is 14.0. The van der Waals surface area contributed by atoms with E-state index in [0.717, 1.165) is 0 Å². The lowest BCUT2D eigenvalue weighted by atomic mass is 10.3. The van der Waals surface area contributed by atoms with Gasteiger partial charge in [-0.1, -0.05) is 12.2 Å². The molecule has 0 aromatic heterocycles. The second-order valence-electron chi connectivity index (χ2n) is 3.89. The van der Waals surface area contributed by atoms with Gasteiger partial charge in [-0.2, -0.15) is 0 Å². The number of methoxy groups -OCH3 is 2. The van der Waals surface area contributed by atoms with Crippen molar-refractivity contribution in [2.75, 3.05) is 20.8 Å². The summed E-state index contributed by atoms with van der Waals surface area (Å²) in [6.07, 6.45) is 4.41. The minimum Gasteiger partial charge on any atom is -0.493 e. The van der Waals surface area contributed by atoms with Crippen LogP contribution >= 0.6 is 15.9 Å². The van der Waals surface area contributed by atoms with Crippen molar-refractivity contribution in [2.24, 2.45) is 0 Å². The van der Waals surface area contributed by atoms with Gasteiger partial charge in [0.1, 0.15) is 4.90 Å². The van der Waals surface area contributed by atoms with E-state index >= 15 is 0 Å². The van der Waals surface area contributed by atoms with Crippen molar-refractivity contribution in [1.29, 1.82) is 0 Å². The van der Waals surface area contributed by atoms with E-state index < -0.39 is 10.0 Å². The number of ether oxygens (including phenoxy) is 2. The minimum absolute atomic E-state index is 0.121. The molecule has 0 atom stereocenters. The highest BCUT2D eigenvalue weighted by molar-refractivity contribution is 9.10. The average Bonchev–Trinajstić information content (AvgIpc) is 2.43. The largest absolute Gasteiger partial charge is 0.493 e. The summed E-state index contributed by atoms with van der Waals surface area (Å²) < 4.78 is 37.6. The van der Waals surface area contributed by atoms with Crippen molar-refractivity contribution in [2.45, 2.75) is 18.2 Å². The maximum atomic E-state index is 12.2. The molecule has 1 N–H and O–H groups in total. The Balaban J connectivity index is 3.05. The third kappa shape index (κ3) is 4.22. The molecule has 0 saturated heterocycles. The van der Waals surface area contributed by atoms with Crippen LogP contribution < -0.4 is 14.2 Å². The highest BCUT2D eigenvalue weighted by Gasteiger charge is 2.20. The molecule has 0 unspecified atom stereocenters. The van der Waals surface area contributed by atoms with Crippen LogP contribution in [0.1, 0.15) is 13.3 Å². The second-order valence-corrected chi connectivity index (χ2v) is 6.48. The Morgan fingerprint density at radius 1 is 1.25 bits per heavy atom. The van der Waals surface area contributed by atoms with E-state index in [-0.39, 0.29) is 4.90 Å². The summed E-state index contributed by atoms with van der Waals surface area (Å²) >= 11 is 3.24. The van der Waals surface area contributed by atoms with Crippen LogP contribution in [0.5, 0.6) is 11.5 Å². The first-order valence-corrected chi connectivity index (χ1v) is 8.26.